The van der Waals surface area contributed by atoms with Crippen molar-refractivity contribution < 1.29 is 26.4 Å². The van der Waals surface area contributed by atoms with Gasteiger partial charge in [0.05, 0.1) is 23.6 Å². The van der Waals surface area contributed by atoms with Gasteiger partial charge in [-0.25, -0.2) is 8.42 Å². The number of carbonyl (C=O) groups excluding carboxylic acids is 1. The van der Waals surface area contributed by atoms with Crippen LogP contribution < -0.4 is 5.32 Å². The van der Waals surface area contributed by atoms with Crippen LogP contribution in [0.25, 0.3) is 0 Å². The number of rotatable bonds is 4. The number of hydrogen-bond acceptors (Lipinski definition) is 4. The molecule has 1 aliphatic rings. The zero-order chi connectivity index (χ0) is 17.3. The smallest absolute Gasteiger partial charge is 0.376 e. The highest BCUT2D eigenvalue weighted by Crippen LogP contribution is 2.34. The maximum absolute atomic E-state index is 12.9. The van der Waals surface area contributed by atoms with Gasteiger partial charge in [0, 0.05) is 18.8 Å². The van der Waals surface area contributed by atoms with Crippen LogP contribution in [0.4, 0.5) is 18.9 Å². The van der Waals surface area contributed by atoms with E-state index in [0.717, 1.165) is 6.07 Å². The van der Waals surface area contributed by atoms with Gasteiger partial charge in [0.15, 0.2) is 9.84 Å². The zero-order valence-electron chi connectivity index (χ0n) is 12.4. The minimum Gasteiger partial charge on any atom is -0.376 e. The van der Waals surface area contributed by atoms with E-state index in [2.05, 4.69) is 5.32 Å². The number of amides is 1. The SMILES string of the molecule is CN(C(=O)CNc1ccccc1C(F)(F)F)C1CCS(=O)(=O)C1. The van der Waals surface area contributed by atoms with E-state index in [0.29, 0.717) is 6.42 Å². The van der Waals surface area contributed by atoms with Gasteiger partial charge in [0.25, 0.3) is 0 Å². The lowest BCUT2D eigenvalue weighted by molar-refractivity contribution is -0.137. The highest BCUT2D eigenvalue weighted by molar-refractivity contribution is 7.91. The van der Waals surface area contributed by atoms with Crippen LogP contribution in [0.15, 0.2) is 24.3 Å². The molecule has 1 aliphatic heterocycles. The average molecular weight is 350 g/mol. The van der Waals surface area contributed by atoms with Crippen LogP contribution >= 0.6 is 0 Å². The van der Waals surface area contributed by atoms with E-state index in [9.17, 15) is 26.4 Å². The Bertz CT molecular complexity index is 689. The van der Waals surface area contributed by atoms with Crippen LogP contribution in [-0.2, 0) is 20.8 Å². The number of anilines is 1. The standard InChI is InChI=1S/C14H17F3N2O3S/c1-19(10-6-7-23(21,22)9-10)13(20)8-18-12-5-3-2-4-11(12)14(15,16)17/h2-5,10,18H,6-9H2,1H3. The Balaban J connectivity index is 2.00. The number of carbonyl (C=O) groups is 1. The predicted octanol–water partition coefficient (Wildman–Crippen LogP) is 1.76. The molecule has 1 N–H and O–H groups in total. The van der Waals surface area contributed by atoms with E-state index in [1.54, 1.807) is 0 Å². The van der Waals surface area contributed by atoms with Crippen LogP contribution in [0.5, 0.6) is 0 Å². The minimum atomic E-state index is -4.52. The molecule has 0 aliphatic carbocycles. The number of likely N-dealkylation sites (N-methyl/N-ethyl adjacent to an activating group) is 1. The van der Waals surface area contributed by atoms with Crippen molar-refractivity contribution in [2.24, 2.45) is 0 Å². The van der Waals surface area contributed by atoms with Crippen molar-refractivity contribution in [1.82, 2.24) is 4.90 Å². The molecule has 1 aromatic carbocycles. The molecular formula is C14H17F3N2O3S. The van der Waals surface area contributed by atoms with Crippen molar-refractivity contribution in [1.29, 1.82) is 0 Å². The van der Waals surface area contributed by atoms with Gasteiger partial charge in [0.1, 0.15) is 0 Å². The fourth-order valence-corrected chi connectivity index (χ4v) is 4.24. The Hall–Kier alpha value is -1.77. The summed E-state index contributed by atoms with van der Waals surface area (Å²) in [5, 5.41) is 2.48. The van der Waals surface area contributed by atoms with E-state index in [1.165, 1.54) is 30.1 Å². The van der Waals surface area contributed by atoms with Gasteiger partial charge in [-0.2, -0.15) is 13.2 Å². The number of sulfone groups is 1. The minimum absolute atomic E-state index is 0.0274. The maximum atomic E-state index is 12.9. The molecule has 1 fully saturated rings. The molecule has 0 radical (unpaired) electrons. The number of nitrogens with zero attached hydrogens (tertiary/aromatic N) is 1. The molecule has 9 heteroatoms. The molecule has 0 saturated carbocycles. The second kappa shape index (κ2) is 6.38. The van der Waals surface area contributed by atoms with E-state index in [4.69, 9.17) is 0 Å². The van der Waals surface area contributed by atoms with Crippen LogP contribution in [0, 0.1) is 0 Å². The Morgan fingerprint density at radius 3 is 2.57 bits per heavy atom. The lowest BCUT2D eigenvalue weighted by Gasteiger charge is -2.24. The van der Waals surface area contributed by atoms with E-state index in [1.807, 2.05) is 0 Å². The molecule has 0 aromatic heterocycles. The number of alkyl halides is 3. The third-order valence-corrected chi connectivity index (χ3v) is 5.56. The first-order valence-corrected chi connectivity index (χ1v) is 8.78. The van der Waals surface area contributed by atoms with Crippen LogP contribution in [-0.4, -0.2) is 50.4 Å². The number of hydrogen-bond donors (Lipinski definition) is 1. The molecule has 1 amide bonds. The van der Waals surface area contributed by atoms with Gasteiger partial charge in [-0.05, 0) is 18.6 Å². The number of halogens is 3. The summed E-state index contributed by atoms with van der Waals surface area (Å²) in [6, 6.07) is 4.46. The highest BCUT2D eigenvalue weighted by Gasteiger charge is 2.34. The summed E-state index contributed by atoms with van der Waals surface area (Å²) in [6.45, 7) is -0.333. The van der Waals surface area contributed by atoms with Crippen molar-refractivity contribution >= 4 is 21.4 Å². The van der Waals surface area contributed by atoms with Gasteiger partial charge >= 0.3 is 6.18 Å². The summed E-state index contributed by atoms with van der Waals surface area (Å²) < 4.78 is 61.4. The topological polar surface area (TPSA) is 66.5 Å². The Morgan fingerprint density at radius 1 is 1.35 bits per heavy atom. The van der Waals surface area contributed by atoms with Crippen molar-refractivity contribution in [2.45, 2.75) is 18.6 Å². The molecule has 1 atom stereocenters. The summed E-state index contributed by atoms with van der Waals surface area (Å²) in [4.78, 5) is 13.3. The lowest BCUT2D eigenvalue weighted by Crippen LogP contribution is -2.41. The van der Waals surface area contributed by atoms with Gasteiger partial charge < -0.3 is 10.2 Å². The van der Waals surface area contributed by atoms with E-state index >= 15 is 0 Å². The fourth-order valence-electron chi connectivity index (χ4n) is 2.46. The largest absolute Gasteiger partial charge is 0.418 e. The summed E-state index contributed by atoms with van der Waals surface area (Å²) in [7, 11) is -1.67. The Kier molecular flexibility index (Phi) is 4.88. The normalized spacial score (nSPS) is 20.3. The van der Waals surface area contributed by atoms with Gasteiger partial charge in [-0.3, -0.25) is 4.79 Å². The summed E-state index contributed by atoms with van der Waals surface area (Å²) >= 11 is 0. The summed E-state index contributed by atoms with van der Waals surface area (Å²) in [6.07, 6.45) is -4.16. The first-order valence-electron chi connectivity index (χ1n) is 6.96. The first-order chi connectivity index (χ1) is 10.6. The molecular weight excluding hydrogens is 333 g/mol. The zero-order valence-corrected chi connectivity index (χ0v) is 13.2. The maximum Gasteiger partial charge on any atom is 0.418 e. The van der Waals surface area contributed by atoms with Gasteiger partial charge in [-0.1, -0.05) is 12.1 Å². The Morgan fingerprint density at radius 2 is 2.00 bits per heavy atom. The molecule has 128 valence electrons. The molecule has 1 unspecified atom stereocenters. The molecule has 0 bridgehead atoms. The van der Waals surface area contributed by atoms with Crippen LogP contribution in [0.2, 0.25) is 0 Å². The molecule has 23 heavy (non-hydrogen) atoms. The number of benzene rings is 1. The predicted molar refractivity (Wildman–Crippen MR) is 79.8 cm³/mol. The quantitative estimate of drug-likeness (QED) is 0.899. The van der Waals surface area contributed by atoms with E-state index in [-0.39, 0.29) is 23.7 Å². The van der Waals surface area contributed by atoms with Crippen molar-refractivity contribution in [3.63, 3.8) is 0 Å². The van der Waals surface area contributed by atoms with Crippen molar-refractivity contribution in [3.05, 3.63) is 29.8 Å². The van der Waals surface area contributed by atoms with Crippen molar-refractivity contribution in [2.75, 3.05) is 30.4 Å². The average Bonchev–Trinajstić information content (AvgIpc) is 2.83. The summed E-state index contributed by atoms with van der Waals surface area (Å²) in [5.41, 5.74) is -1.03. The highest BCUT2D eigenvalue weighted by atomic mass is 32.2. The fraction of sp³-hybridized carbons (Fsp3) is 0.500. The molecule has 0 spiro atoms. The lowest BCUT2D eigenvalue weighted by atomic mass is 10.1. The van der Waals surface area contributed by atoms with Gasteiger partial charge in [-0.15, -0.1) is 0 Å². The van der Waals surface area contributed by atoms with E-state index < -0.39 is 33.5 Å². The van der Waals surface area contributed by atoms with Crippen molar-refractivity contribution in [3.8, 4) is 0 Å². The summed E-state index contributed by atoms with van der Waals surface area (Å²) in [5.74, 6) is -0.530. The third-order valence-electron chi connectivity index (χ3n) is 3.81. The van der Waals surface area contributed by atoms with Gasteiger partial charge in [0.2, 0.25) is 5.91 Å². The molecule has 1 saturated heterocycles. The van der Waals surface area contributed by atoms with Crippen LogP contribution in [0.1, 0.15) is 12.0 Å². The van der Waals surface area contributed by atoms with Crippen LogP contribution in [0.3, 0.4) is 0 Å². The molecule has 5 nitrogen and oxygen atoms in total. The molecule has 1 heterocycles. The number of para-hydroxylation sites is 1. The second-order valence-corrected chi connectivity index (χ2v) is 7.69. The third kappa shape index (κ3) is 4.37. The number of nitrogens with one attached hydrogen (secondary N) is 1. The monoisotopic (exact) mass is 350 g/mol. The second-order valence-electron chi connectivity index (χ2n) is 5.46. The Labute approximate surface area is 132 Å². The first kappa shape index (κ1) is 17.6. The molecule has 1 aromatic rings. The molecule has 2 rings (SSSR count).